The fourth-order valence-corrected chi connectivity index (χ4v) is 3.71. The highest BCUT2D eigenvalue weighted by Gasteiger charge is 2.31. The number of anilines is 1. The van der Waals surface area contributed by atoms with Crippen molar-refractivity contribution >= 4 is 5.69 Å². The molecule has 0 amide bonds. The third-order valence-electron chi connectivity index (χ3n) is 4.37. The number of hydrogen-bond acceptors (Lipinski definition) is 3. The first-order chi connectivity index (χ1) is 9.53. The Labute approximate surface area is 122 Å². The van der Waals surface area contributed by atoms with Crippen LogP contribution in [0.2, 0.25) is 0 Å². The fourth-order valence-electron chi connectivity index (χ4n) is 3.71. The molecule has 2 heterocycles. The van der Waals surface area contributed by atoms with Gasteiger partial charge in [-0.2, -0.15) is 0 Å². The second kappa shape index (κ2) is 5.38. The summed E-state index contributed by atoms with van der Waals surface area (Å²) in [7, 11) is 0. The standard InChI is InChI=1S/C17H26N2O/c1-13-11-19(12-17(2,3)20-13)9-8-14-10-18-16-7-5-4-6-15(14)16/h4-7,13-14,18H,8-12H2,1-3H3. The normalized spacial score (nSPS) is 28.9. The number of morpholine rings is 1. The largest absolute Gasteiger partial charge is 0.384 e. The number of nitrogens with zero attached hydrogens (tertiary/aromatic N) is 1. The average molecular weight is 274 g/mol. The van der Waals surface area contributed by atoms with Gasteiger partial charge in [0.2, 0.25) is 0 Å². The summed E-state index contributed by atoms with van der Waals surface area (Å²) < 4.78 is 5.98. The van der Waals surface area contributed by atoms with E-state index in [1.165, 1.54) is 17.7 Å². The van der Waals surface area contributed by atoms with Crippen LogP contribution in [-0.2, 0) is 4.74 Å². The van der Waals surface area contributed by atoms with Gasteiger partial charge in [-0.15, -0.1) is 0 Å². The maximum Gasteiger partial charge on any atom is 0.0757 e. The predicted octanol–water partition coefficient (Wildman–Crippen LogP) is 3.09. The van der Waals surface area contributed by atoms with Gasteiger partial charge in [0.25, 0.3) is 0 Å². The van der Waals surface area contributed by atoms with Gasteiger partial charge in [-0.1, -0.05) is 18.2 Å². The quantitative estimate of drug-likeness (QED) is 0.916. The van der Waals surface area contributed by atoms with Crippen LogP contribution in [0.15, 0.2) is 24.3 Å². The van der Waals surface area contributed by atoms with E-state index in [2.05, 4.69) is 55.3 Å². The molecule has 0 aromatic heterocycles. The van der Waals surface area contributed by atoms with Gasteiger partial charge >= 0.3 is 0 Å². The van der Waals surface area contributed by atoms with Gasteiger partial charge in [0, 0.05) is 31.2 Å². The van der Waals surface area contributed by atoms with Crippen molar-refractivity contribution in [1.29, 1.82) is 0 Å². The first kappa shape index (κ1) is 13.9. The van der Waals surface area contributed by atoms with Crippen LogP contribution in [0.4, 0.5) is 5.69 Å². The molecule has 1 aromatic rings. The van der Waals surface area contributed by atoms with Crippen LogP contribution in [0.5, 0.6) is 0 Å². The van der Waals surface area contributed by atoms with E-state index in [9.17, 15) is 0 Å². The Kier molecular flexibility index (Phi) is 3.74. The summed E-state index contributed by atoms with van der Waals surface area (Å²) in [6.45, 7) is 10.9. The molecule has 1 N–H and O–H groups in total. The van der Waals surface area contributed by atoms with Crippen LogP contribution in [-0.4, -0.2) is 42.8 Å². The Morgan fingerprint density at radius 3 is 2.95 bits per heavy atom. The molecule has 0 bridgehead atoms. The Bertz CT molecular complexity index is 472. The van der Waals surface area contributed by atoms with Gasteiger partial charge in [-0.05, 0) is 45.4 Å². The second-order valence-electron chi connectivity index (χ2n) is 6.88. The van der Waals surface area contributed by atoms with Crippen molar-refractivity contribution in [2.24, 2.45) is 0 Å². The third-order valence-corrected chi connectivity index (χ3v) is 4.37. The zero-order valence-electron chi connectivity index (χ0n) is 12.9. The van der Waals surface area contributed by atoms with Crippen LogP contribution in [0, 0.1) is 0 Å². The molecular weight excluding hydrogens is 248 g/mol. The van der Waals surface area contributed by atoms with Crippen molar-refractivity contribution in [3.63, 3.8) is 0 Å². The second-order valence-corrected chi connectivity index (χ2v) is 6.88. The summed E-state index contributed by atoms with van der Waals surface area (Å²) in [5.74, 6) is 0.660. The molecular formula is C17H26N2O. The summed E-state index contributed by atoms with van der Waals surface area (Å²) in [6.07, 6.45) is 1.57. The molecule has 3 rings (SSSR count). The highest BCUT2D eigenvalue weighted by Crippen LogP contribution is 2.33. The minimum absolute atomic E-state index is 0.0104. The zero-order chi connectivity index (χ0) is 14.2. The lowest BCUT2D eigenvalue weighted by Crippen LogP contribution is -2.52. The Balaban J connectivity index is 1.58. The highest BCUT2D eigenvalue weighted by molar-refractivity contribution is 5.57. The van der Waals surface area contributed by atoms with Crippen molar-refractivity contribution in [1.82, 2.24) is 4.90 Å². The molecule has 20 heavy (non-hydrogen) atoms. The van der Waals surface area contributed by atoms with E-state index in [4.69, 9.17) is 4.74 Å². The molecule has 1 fully saturated rings. The first-order valence-electron chi connectivity index (χ1n) is 7.76. The topological polar surface area (TPSA) is 24.5 Å². The summed E-state index contributed by atoms with van der Waals surface area (Å²) >= 11 is 0. The van der Waals surface area contributed by atoms with Crippen molar-refractivity contribution < 1.29 is 4.74 Å². The van der Waals surface area contributed by atoms with Gasteiger partial charge < -0.3 is 10.1 Å². The SMILES string of the molecule is CC1CN(CCC2CNc3ccccc32)CC(C)(C)O1. The number of ether oxygens (including phenoxy) is 1. The number of para-hydroxylation sites is 1. The van der Waals surface area contributed by atoms with Gasteiger partial charge in [0.1, 0.15) is 0 Å². The van der Waals surface area contributed by atoms with E-state index in [1.54, 1.807) is 0 Å². The van der Waals surface area contributed by atoms with Crippen molar-refractivity contribution in [3.8, 4) is 0 Å². The molecule has 0 saturated carbocycles. The van der Waals surface area contributed by atoms with E-state index in [0.717, 1.165) is 26.2 Å². The summed E-state index contributed by atoms with van der Waals surface area (Å²) in [4.78, 5) is 2.56. The lowest BCUT2D eigenvalue weighted by molar-refractivity contribution is -0.128. The summed E-state index contributed by atoms with van der Waals surface area (Å²) in [5.41, 5.74) is 2.81. The lowest BCUT2D eigenvalue weighted by Gasteiger charge is -2.42. The maximum absolute atomic E-state index is 5.98. The highest BCUT2D eigenvalue weighted by atomic mass is 16.5. The number of benzene rings is 1. The van der Waals surface area contributed by atoms with Crippen LogP contribution < -0.4 is 5.32 Å². The Morgan fingerprint density at radius 2 is 2.15 bits per heavy atom. The summed E-state index contributed by atoms with van der Waals surface area (Å²) in [5, 5.41) is 3.52. The van der Waals surface area contributed by atoms with Crippen molar-refractivity contribution in [2.45, 2.75) is 44.8 Å². The smallest absolute Gasteiger partial charge is 0.0757 e. The molecule has 2 aliphatic heterocycles. The monoisotopic (exact) mass is 274 g/mol. The fraction of sp³-hybridized carbons (Fsp3) is 0.647. The first-order valence-corrected chi connectivity index (χ1v) is 7.76. The van der Waals surface area contributed by atoms with Crippen LogP contribution in [0.3, 0.4) is 0 Å². The molecule has 0 spiro atoms. The number of hydrogen-bond donors (Lipinski definition) is 1. The van der Waals surface area contributed by atoms with E-state index in [1.807, 2.05) is 0 Å². The number of rotatable bonds is 3. The predicted molar refractivity (Wildman–Crippen MR) is 83.4 cm³/mol. The number of fused-ring (bicyclic) bond motifs is 1. The minimum atomic E-state index is -0.0104. The third kappa shape index (κ3) is 2.99. The van der Waals surface area contributed by atoms with E-state index in [0.29, 0.717) is 12.0 Å². The van der Waals surface area contributed by atoms with Gasteiger partial charge in [0.05, 0.1) is 11.7 Å². The van der Waals surface area contributed by atoms with Crippen molar-refractivity contribution in [3.05, 3.63) is 29.8 Å². The summed E-state index contributed by atoms with van der Waals surface area (Å²) in [6, 6.07) is 8.72. The molecule has 2 aliphatic rings. The Hall–Kier alpha value is -1.06. The molecule has 1 saturated heterocycles. The molecule has 110 valence electrons. The van der Waals surface area contributed by atoms with Crippen LogP contribution in [0.25, 0.3) is 0 Å². The van der Waals surface area contributed by atoms with E-state index >= 15 is 0 Å². The van der Waals surface area contributed by atoms with E-state index in [-0.39, 0.29) is 5.60 Å². The molecule has 3 heteroatoms. The van der Waals surface area contributed by atoms with Crippen LogP contribution >= 0.6 is 0 Å². The molecule has 3 nitrogen and oxygen atoms in total. The van der Waals surface area contributed by atoms with Crippen LogP contribution in [0.1, 0.15) is 38.7 Å². The minimum Gasteiger partial charge on any atom is -0.384 e. The zero-order valence-corrected chi connectivity index (χ0v) is 12.9. The van der Waals surface area contributed by atoms with E-state index < -0.39 is 0 Å². The number of nitrogens with one attached hydrogen (secondary N) is 1. The lowest BCUT2D eigenvalue weighted by atomic mass is 9.97. The molecule has 0 radical (unpaired) electrons. The molecule has 2 atom stereocenters. The molecule has 0 aliphatic carbocycles. The van der Waals surface area contributed by atoms with Gasteiger partial charge in [-0.25, -0.2) is 0 Å². The average Bonchev–Trinajstić information content (AvgIpc) is 2.77. The van der Waals surface area contributed by atoms with Gasteiger partial charge in [-0.3, -0.25) is 4.90 Å². The molecule has 1 aromatic carbocycles. The maximum atomic E-state index is 5.98. The van der Waals surface area contributed by atoms with Gasteiger partial charge in [0.15, 0.2) is 0 Å². The Morgan fingerprint density at radius 1 is 1.35 bits per heavy atom. The van der Waals surface area contributed by atoms with Crippen molar-refractivity contribution in [2.75, 3.05) is 31.5 Å². The molecule has 2 unspecified atom stereocenters.